The monoisotopic (exact) mass is 375 g/mol. The lowest BCUT2D eigenvalue weighted by Crippen LogP contribution is -2.35. The third kappa shape index (κ3) is 4.37. The summed E-state index contributed by atoms with van der Waals surface area (Å²) in [5, 5.41) is 14.1. The van der Waals surface area contributed by atoms with E-state index in [1.165, 1.54) is 25.2 Å². The standard InChI is InChI=1S/C18H18ClN3O4/c1-11-5-4-6-12(2)17(11)20-16(23)10-21(3)18(24)14-9-13(19)7-8-15(14)22(25)26/h4-9H,10H2,1-3H3,(H,20,23). The Bertz CT molecular complexity index is 862. The average Bonchev–Trinajstić information content (AvgIpc) is 2.57. The number of halogens is 1. The summed E-state index contributed by atoms with van der Waals surface area (Å²) in [6.45, 7) is 3.48. The van der Waals surface area contributed by atoms with Crippen molar-refractivity contribution in [1.29, 1.82) is 0 Å². The van der Waals surface area contributed by atoms with Gasteiger partial charge in [0.2, 0.25) is 5.91 Å². The molecule has 0 aliphatic carbocycles. The molecule has 136 valence electrons. The lowest BCUT2D eigenvalue weighted by Gasteiger charge is -2.18. The highest BCUT2D eigenvalue weighted by atomic mass is 35.5. The Balaban J connectivity index is 2.16. The van der Waals surface area contributed by atoms with Gasteiger partial charge in [-0.25, -0.2) is 0 Å². The Labute approximate surface area is 155 Å². The van der Waals surface area contributed by atoms with Crippen molar-refractivity contribution in [1.82, 2.24) is 4.90 Å². The fraction of sp³-hybridized carbons (Fsp3) is 0.222. The Hall–Kier alpha value is -2.93. The summed E-state index contributed by atoms with van der Waals surface area (Å²) in [6.07, 6.45) is 0. The number of hydrogen-bond donors (Lipinski definition) is 1. The number of likely N-dealkylation sites (N-methyl/N-ethyl adjacent to an activating group) is 1. The number of carbonyl (C=O) groups is 2. The van der Waals surface area contributed by atoms with Gasteiger partial charge < -0.3 is 10.2 Å². The molecule has 2 aromatic rings. The van der Waals surface area contributed by atoms with Crippen LogP contribution in [0.3, 0.4) is 0 Å². The first-order chi connectivity index (χ1) is 12.2. The zero-order valence-corrected chi connectivity index (χ0v) is 15.3. The summed E-state index contributed by atoms with van der Waals surface area (Å²) >= 11 is 5.85. The molecule has 0 radical (unpaired) electrons. The van der Waals surface area contributed by atoms with Crippen LogP contribution in [-0.4, -0.2) is 35.2 Å². The fourth-order valence-corrected chi connectivity index (χ4v) is 2.69. The molecule has 8 heteroatoms. The molecule has 0 saturated carbocycles. The molecule has 7 nitrogen and oxygen atoms in total. The highest BCUT2D eigenvalue weighted by Crippen LogP contribution is 2.24. The van der Waals surface area contributed by atoms with E-state index in [-0.39, 0.29) is 22.8 Å². The van der Waals surface area contributed by atoms with Gasteiger partial charge in [-0.3, -0.25) is 19.7 Å². The maximum Gasteiger partial charge on any atom is 0.282 e. The number of amides is 2. The van der Waals surface area contributed by atoms with Crippen molar-refractivity contribution < 1.29 is 14.5 Å². The van der Waals surface area contributed by atoms with Gasteiger partial charge in [0.15, 0.2) is 0 Å². The number of rotatable bonds is 5. The Morgan fingerprint density at radius 1 is 1.19 bits per heavy atom. The molecule has 0 atom stereocenters. The van der Waals surface area contributed by atoms with Crippen LogP contribution in [0, 0.1) is 24.0 Å². The van der Waals surface area contributed by atoms with Crippen LogP contribution in [0.5, 0.6) is 0 Å². The molecule has 2 aromatic carbocycles. The Morgan fingerprint density at radius 2 is 1.81 bits per heavy atom. The van der Waals surface area contributed by atoms with Gasteiger partial charge in [-0.15, -0.1) is 0 Å². The highest BCUT2D eigenvalue weighted by molar-refractivity contribution is 6.31. The van der Waals surface area contributed by atoms with Crippen molar-refractivity contribution in [2.24, 2.45) is 0 Å². The minimum absolute atomic E-state index is 0.162. The first-order valence-corrected chi connectivity index (χ1v) is 8.14. The molecule has 0 unspecified atom stereocenters. The molecule has 0 spiro atoms. The van der Waals surface area contributed by atoms with E-state index in [1.54, 1.807) is 0 Å². The maximum absolute atomic E-state index is 12.5. The number of nitrogens with zero attached hydrogens (tertiary/aromatic N) is 2. The number of carbonyl (C=O) groups excluding carboxylic acids is 2. The molecule has 2 rings (SSSR count). The number of nitro benzene ring substituents is 1. The molecule has 2 amide bonds. The SMILES string of the molecule is Cc1cccc(C)c1NC(=O)CN(C)C(=O)c1cc(Cl)ccc1[N+](=O)[O-]. The van der Waals surface area contributed by atoms with Crippen molar-refractivity contribution in [3.63, 3.8) is 0 Å². The van der Waals surface area contributed by atoms with Gasteiger partial charge in [0.1, 0.15) is 5.56 Å². The second kappa shape index (κ2) is 7.97. The van der Waals surface area contributed by atoms with Gasteiger partial charge in [-0.05, 0) is 37.1 Å². The first kappa shape index (κ1) is 19.4. The van der Waals surface area contributed by atoms with Gasteiger partial charge in [0.25, 0.3) is 11.6 Å². The van der Waals surface area contributed by atoms with Gasteiger partial charge in [0, 0.05) is 23.8 Å². The molecule has 0 saturated heterocycles. The molecule has 0 heterocycles. The molecule has 0 bridgehead atoms. The predicted molar refractivity (Wildman–Crippen MR) is 99.6 cm³/mol. The second-order valence-electron chi connectivity index (χ2n) is 5.89. The van der Waals surface area contributed by atoms with E-state index in [2.05, 4.69) is 5.32 Å². The highest BCUT2D eigenvalue weighted by Gasteiger charge is 2.24. The molecule has 1 N–H and O–H groups in total. The van der Waals surface area contributed by atoms with Crippen LogP contribution in [0.2, 0.25) is 5.02 Å². The van der Waals surface area contributed by atoms with E-state index in [0.717, 1.165) is 16.0 Å². The Kier molecular flexibility index (Phi) is 5.94. The minimum atomic E-state index is -0.659. The average molecular weight is 376 g/mol. The summed E-state index contributed by atoms with van der Waals surface area (Å²) in [6, 6.07) is 9.35. The van der Waals surface area contributed by atoms with Gasteiger partial charge in [0.05, 0.1) is 11.5 Å². The molecular weight excluding hydrogens is 358 g/mol. The number of anilines is 1. The lowest BCUT2D eigenvalue weighted by atomic mass is 10.1. The smallest absolute Gasteiger partial charge is 0.282 e. The van der Waals surface area contributed by atoms with E-state index >= 15 is 0 Å². The van der Waals surface area contributed by atoms with Crippen LogP contribution in [0.4, 0.5) is 11.4 Å². The molecular formula is C18H18ClN3O4. The zero-order chi connectivity index (χ0) is 19.4. The van der Waals surface area contributed by atoms with E-state index < -0.39 is 16.7 Å². The number of aryl methyl sites for hydroxylation is 2. The van der Waals surface area contributed by atoms with Gasteiger partial charge in [-0.2, -0.15) is 0 Å². The topological polar surface area (TPSA) is 92.6 Å². The Morgan fingerprint density at radius 3 is 2.38 bits per heavy atom. The second-order valence-corrected chi connectivity index (χ2v) is 6.33. The minimum Gasteiger partial charge on any atom is -0.332 e. The fourth-order valence-electron chi connectivity index (χ4n) is 2.52. The molecule has 0 aliphatic heterocycles. The number of nitro groups is 1. The lowest BCUT2D eigenvalue weighted by molar-refractivity contribution is -0.385. The quantitative estimate of drug-likeness (QED) is 0.638. The summed E-state index contributed by atoms with van der Waals surface area (Å²) < 4.78 is 0. The van der Waals surface area contributed by atoms with Crippen molar-refractivity contribution >= 4 is 34.8 Å². The molecule has 0 aromatic heterocycles. The third-order valence-corrected chi connectivity index (χ3v) is 4.09. The van der Waals surface area contributed by atoms with Crippen LogP contribution in [0.1, 0.15) is 21.5 Å². The van der Waals surface area contributed by atoms with Crippen LogP contribution in [0.25, 0.3) is 0 Å². The number of hydrogen-bond acceptors (Lipinski definition) is 4. The predicted octanol–water partition coefficient (Wildman–Crippen LogP) is 3.58. The van der Waals surface area contributed by atoms with E-state index in [9.17, 15) is 19.7 Å². The van der Waals surface area contributed by atoms with Crippen LogP contribution < -0.4 is 5.32 Å². The van der Waals surface area contributed by atoms with Crippen molar-refractivity contribution in [2.45, 2.75) is 13.8 Å². The normalized spacial score (nSPS) is 10.3. The van der Waals surface area contributed by atoms with E-state index in [0.29, 0.717) is 5.69 Å². The third-order valence-electron chi connectivity index (χ3n) is 3.86. The first-order valence-electron chi connectivity index (χ1n) is 7.76. The zero-order valence-electron chi connectivity index (χ0n) is 14.6. The summed E-state index contributed by atoms with van der Waals surface area (Å²) in [5.74, 6) is -1.06. The number of para-hydroxylation sites is 1. The van der Waals surface area contributed by atoms with Crippen molar-refractivity contribution in [2.75, 3.05) is 18.9 Å². The summed E-state index contributed by atoms with van der Waals surface area (Å²) in [7, 11) is 1.40. The van der Waals surface area contributed by atoms with Crippen molar-refractivity contribution in [3.05, 3.63) is 68.2 Å². The summed E-state index contributed by atoms with van der Waals surface area (Å²) in [5.41, 5.74) is 1.97. The molecule has 0 aliphatic rings. The van der Waals surface area contributed by atoms with Crippen molar-refractivity contribution in [3.8, 4) is 0 Å². The van der Waals surface area contributed by atoms with E-state index in [4.69, 9.17) is 11.6 Å². The molecule has 26 heavy (non-hydrogen) atoms. The number of benzene rings is 2. The number of nitrogens with one attached hydrogen (secondary N) is 1. The molecule has 0 fully saturated rings. The largest absolute Gasteiger partial charge is 0.332 e. The maximum atomic E-state index is 12.5. The van der Waals surface area contributed by atoms with Crippen LogP contribution in [-0.2, 0) is 4.79 Å². The van der Waals surface area contributed by atoms with Crippen LogP contribution >= 0.6 is 11.6 Å². The van der Waals surface area contributed by atoms with E-state index in [1.807, 2.05) is 32.0 Å². The summed E-state index contributed by atoms with van der Waals surface area (Å²) in [4.78, 5) is 36.4. The van der Waals surface area contributed by atoms with Crippen LogP contribution in [0.15, 0.2) is 36.4 Å². The van der Waals surface area contributed by atoms with Gasteiger partial charge >= 0.3 is 0 Å². The van der Waals surface area contributed by atoms with Gasteiger partial charge in [-0.1, -0.05) is 29.8 Å².